The summed E-state index contributed by atoms with van der Waals surface area (Å²) in [5.41, 5.74) is 2.58. The lowest BCUT2D eigenvalue weighted by Gasteiger charge is -2.26. The van der Waals surface area contributed by atoms with E-state index in [1.54, 1.807) is 55.6 Å². The van der Waals surface area contributed by atoms with E-state index in [0.29, 0.717) is 16.8 Å². The van der Waals surface area contributed by atoms with Gasteiger partial charge in [-0.2, -0.15) is 0 Å². The summed E-state index contributed by atoms with van der Waals surface area (Å²) in [5.74, 6) is -0.309. The molecule has 3 rings (SSSR count). The molecule has 0 saturated carbocycles. The largest absolute Gasteiger partial charge is 0.376 e. The van der Waals surface area contributed by atoms with Gasteiger partial charge in [-0.15, -0.1) is 0 Å². The number of hydrogen-bond acceptors (Lipinski definition) is 4. The Morgan fingerprint density at radius 3 is 2.03 bits per heavy atom. The molecule has 0 unspecified atom stereocenters. The van der Waals surface area contributed by atoms with Crippen LogP contribution in [0.3, 0.4) is 0 Å². The zero-order valence-electron chi connectivity index (χ0n) is 16.5. The summed E-state index contributed by atoms with van der Waals surface area (Å²) in [4.78, 5) is 38.1. The Morgan fingerprint density at radius 2 is 1.41 bits per heavy atom. The van der Waals surface area contributed by atoms with E-state index >= 15 is 0 Å². The summed E-state index contributed by atoms with van der Waals surface area (Å²) in [6.07, 6.45) is 3.30. The van der Waals surface area contributed by atoms with E-state index < -0.39 is 0 Å². The van der Waals surface area contributed by atoms with Crippen LogP contribution >= 0.6 is 0 Å². The third kappa shape index (κ3) is 5.57. The minimum absolute atomic E-state index is 0.0458. The molecule has 0 spiro atoms. The molecule has 2 aromatic carbocycles. The molecule has 3 amide bonds. The Labute approximate surface area is 170 Å². The van der Waals surface area contributed by atoms with Crippen molar-refractivity contribution in [2.45, 2.75) is 19.3 Å². The molecule has 0 bridgehead atoms. The molecular weight excluding hydrogens is 368 g/mol. The van der Waals surface area contributed by atoms with Crippen molar-refractivity contribution in [3.05, 3.63) is 59.7 Å². The summed E-state index contributed by atoms with van der Waals surface area (Å²) >= 11 is 0. The molecule has 3 N–H and O–H groups in total. The van der Waals surface area contributed by atoms with Crippen molar-refractivity contribution in [1.29, 1.82) is 0 Å². The summed E-state index contributed by atoms with van der Waals surface area (Å²) < 4.78 is 0. The SMILES string of the molecule is CNC(=O)c1ccc(NCC(=O)Nc2ccc(C(=O)N3CCCCC3)cc2)cc1. The Morgan fingerprint density at radius 1 is 0.828 bits per heavy atom. The van der Waals surface area contributed by atoms with E-state index in [1.165, 1.54) is 6.42 Å². The maximum atomic E-state index is 12.5. The fourth-order valence-corrected chi connectivity index (χ4v) is 3.25. The molecule has 1 saturated heterocycles. The fourth-order valence-electron chi connectivity index (χ4n) is 3.25. The van der Waals surface area contributed by atoms with Crippen LogP contribution in [0.1, 0.15) is 40.0 Å². The molecule has 0 atom stereocenters. The van der Waals surface area contributed by atoms with Crippen molar-refractivity contribution >= 4 is 29.1 Å². The van der Waals surface area contributed by atoms with Gasteiger partial charge in [0, 0.05) is 42.6 Å². The smallest absolute Gasteiger partial charge is 0.253 e. The van der Waals surface area contributed by atoms with Crippen LogP contribution in [-0.4, -0.2) is 49.3 Å². The average molecular weight is 394 g/mol. The van der Waals surface area contributed by atoms with Gasteiger partial charge in [0.2, 0.25) is 5.91 Å². The first-order valence-corrected chi connectivity index (χ1v) is 9.82. The van der Waals surface area contributed by atoms with Gasteiger partial charge in [0.05, 0.1) is 6.54 Å². The van der Waals surface area contributed by atoms with E-state index in [4.69, 9.17) is 0 Å². The predicted molar refractivity (Wildman–Crippen MR) is 113 cm³/mol. The summed E-state index contributed by atoms with van der Waals surface area (Å²) in [6, 6.07) is 13.9. The van der Waals surface area contributed by atoms with Crippen LogP contribution in [0, 0.1) is 0 Å². The molecule has 7 heteroatoms. The number of hydrogen-bond donors (Lipinski definition) is 3. The standard InChI is InChI=1S/C22H26N4O3/c1-23-21(28)16-5-9-18(10-6-16)24-15-20(27)25-19-11-7-17(8-12-19)22(29)26-13-3-2-4-14-26/h5-12,24H,2-4,13-15H2,1H3,(H,23,28)(H,25,27). The van der Waals surface area contributed by atoms with E-state index in [0.717, 1.165) is 31.6 Å². The minimum atomic E-state index is -0.199. The highest BCUT2D eigenvalue weighted by atomic mass is 16.2. The molecule has 0 aliphatic carbocycles. The van der Waals surface area contributed by atoms with Crippen LogP contribution in [0.5, 0.6) is 0 Å². The van der Waals surface area contributed by atoms with Gasteiger partial charge >= 0.3 is 0 Å². The highest BCUT2D eigenvalue weighted by Crippen LogP contribution is 2.16. The fraction of sp³-hybridized carbons (Fsp3) is 0.318. The van der Waals surface area contributed by atoms with Crippen LogP contribution in [0.15, 0.2) is 48.5 Å². The van der Waals surface area contributed by atoms with Gasteiger partial charge in [-0.1, -0.05) is 0 Å². The van der Waals surface area contributed by atoms with Crippen molar-refractivity contribution in [3.63, 3.8) is 0 Å². The molecule has 0 aromatic heterocycles. The normalized spacial score (nSPS) is 13.5. The van der Waals surface area contributed by atoms with Gasteiger partial charge in [-0.3, -0.25) is 14.4 Å². The number of carbonyl (C=O) groups is 3. The predicted octanol–water partition coefficient (Wildman–Crippen LogP) is 2.72. The lowest BCUT2D eigenvalue weighted by molar-refractivity contribution is -0.114. The van der Waals surface area contributed by atoms with Crippen LogP contribution in [0.4, 0.5) is 11.4 Å². The first-order chi connectivity index (χ1) is 14.1. The average Bonchev–Trinajstić information content (AvgIpc) is 2.78. The molecule has 29 heavy (non-hydrogen) atoms. The second-order valence-electron chi connectivity index (χ2n) is 6.99. The molecule has 1 aliphatic heterocycles. The van der Waals surface area contributed by atoms with Gasteiger partial charge in [0.15, 0.2) is 0 Å². The Hall–Kier alpha value is -3.35. The van der Waals surface area contributed by atoms with Crippen LogP contribution in [0.2, 0.25) is 0 Å². The molecule has 152 valence electrons. The summed E-state index contributed by atoms with van der Waals surface area (Å²) in [7, 11) is 1.58. The molecule has 1 heterocycles. The van der Waals surface area contributed by atoms with E-state index in [9.17, 15) is 14.4 Å². The third-order valence-corrected chi connectivity index (χ3v) is 4.89. The number of amides is 3. The minimum Gasteiger partial charge on any atom is -0.376 e. The monoisotopic (exact) mass is 394 g/mol. The molecule has 7 nitrogen and oxygen atoms in total. The molecule has 2 aromatic rings. The van der Waals surface area contributed by atoms with Crippen molar-refractivity contribution in [3.8, 4) is 0 Å². The Kier molecular flexibility index (Phi) is 6.84. The molecule has 0 radical (unpaired) electrons. The quantitative estimate of drug-likeness (QED) is 0.703. The van der Waals surface area contributed by atoms with Crippen molar-refractivity contribution in [2.75, 3.05) is 37.3 Å². The highest BCUT2D eigenvalue weighted by molar-refractivity contribution is 5.97. The number of rotatable bonds is 6. The topological polar surface area (TPSA) is 90.5 Å². The third-order valence-electron chi connectivity index (χ3n) is 4.89. The second-order valence-corrected chi connectivity index (χ2v) is 6.99. The molecule has 1 aliphatic rings. The van der Waals surface area contributed by atoms with E-state index in [-0.39, 0.29) is 24.3 Å². The van der Waals surface area contributed by atoms with Crippen molar-refractivity contribution in [1.82, 2.24) is 10.2 Å². The van der Waals surface area contributed by atoms with Gasteiger partial charge in [-0.05, 0) is 67.8 Å². The number of carbonyl (C=O) groups excluding carboxylic acids is 3. The second kappa shape index (κ2) is 9.73. The van der Waals surface area contributed by atoms with E-state index in [2.05, 4.69) is 16.0 Å². The number of benzene rings is 2. The maximum absolute atomic E-state index is 12.5. The lowest BCUT2D eigenvalue weighted by Crippen LogP contribution is -2.35. The summed E-state index contributed by atoms with van der Waals surface area (Å²) in [5, 5.41) is 8.38. The van der Waals surface area contributed by atoms with Gasteiger partial charge in [0.1, 0.15) is 0 Å². The van der Waals surface area contributed by atoms with Crippen LogP contribution in [-0.2, 0) is 4.79 Å². The lowest BCUT2D eigenvalue weighted by atomic mass is 10.1. The number of nitrogens with one attached hydrogen (secondary N) is 3. The first kappa shape index (κ1) is 20.4. The van der Waals surface area contributed by atoms with Crippen molar-refractivity contribution in [2.24, 2.45) is 0 Å². The van der Waals surface area contributed by atoms with Crippen LogP contribution in [0.25, 0.3) is 0 Å². The van der Waals surface area contributed by atoms with Gasteiger partial charge in [0.25, 0.3) is 11.8 Å². The number of nitrogens with zero attached hydrogens (tertiary/aromatic N) is 1. The Balaban J connectivity index is 1.49. The number of likely N-dealkylation sites (tertiary alicyclic amines) is 1. The number of piperidine rings is 1. The van der Waals surface area contributed by atoms with E-state index in [1.807, 2.05) is 4.90 Å². The van der Waals surface area contributed by atoms with Gasteiger partial charge < -0.3 is 20.9 Å². The highest BCUT2D eigenvalue weighted by Gasteiger charge is 2.18. The first-order valence-electron chi connectivity index (χ1n) is 9.82. The number of anilines is 2. The maximum Gasteiger partial charge on any atom is 0.253 e. The Bertz CT molecular complexity index is 857. The van der Waals surface area contributed by atoms with Gasteiger partial charge in [-0.25, -0.2) is 0 Å². The molecular formula is C22H26N4O3. The van der Waals surface area contributed by atoms with Crippen molar-refractivity contribution < 1.29 is 14.4 Å². The zero-order valence-corrected chi connectivity index (χ0v) is 16.5. The summed E-state index contributed by atoms with van der Waals surface area (Å²) in [6.45, 7) is 1.72. The van der Waals surface area contributed by atoms with Crippen LogP contribution < -0.4 is 16.0 Å². The zero-order chi connectivity index (χ0) is 20.6. The molecule has 1 fully saturated rings.